The predicted molar refractivity (Wildman–Crippen MR) is 66.7 cm³/mol. The van der Waals surface area contributed by atoms with Crippen molar-refractivity contribution < 1.29 is 13.9 Å². The van der Waals surface area contributed by atoms with Gasteiger partial charge in [-0.3, -0.25) is 4.90 Å². The lowest BCUT2D eigenvalue weighted by Crippen LogP contribution is -2.33. The molecular weight excluding hydrogens is 244 g/mol. The van der Waals surface area contributed by atoms with E-state index in [1.54, 1.807) is 16.7 Å². The first-order valence-electron chi connectivity index (χ1n) is 5.51. The highest BCUT2D eigenvalue weighted by molar-refractivity contribution is 7.99. The summed E-state index contributed by atoms with van der Waals surface area (Å²) in [7, 11) is 0. The SMILES string of the molecule is OCCN(CCSc1ccccc1)CC(F)F. The lowest BCUT2D eigenvalue weighted by atomic mass is 10.4. The van der Waals surface area contributed by atoms with Gasteiger partial charge in [0, 0.05) is 23.7 Å². The third-order valence-electron chi connectivity index (χ3n) is 2.23. The smallest absolute Gasteiger partial charge is 0.251 e. The zero-order valence-electron chi connectivity index (χ0n) is 9.56. The van der Waals surface area contributed by atoms with Crippen LogP contribution < -0.4 is 0 Å². The van der Waals surface area contributed by atoms with Crippen molar-refractivity contribution in [2.45, 2.75) is 11.3 Å². The number of hydrogen-bond donors (Lipinski definition) is 1. The van der Waals surface area contributed by atoms with Crippen molar-refractivity contribution in [1.82, 2.24) is 4.90 Å². The van der Waals surface area contributed by atoms with E-state index in [4.69, 9.17) is 5.11 Å². The number of aliphatic hydroxyl groups is 1. The Kier molecular flexibility index (Phi) is 7.16. The molecule has 0 radical (unpaired) electrons. The summed E-state index contributed by atoms with van der Waals surface area (Å²) in [5.41, 5.74) is 0. The molecule has 0 bridgehead atoms. The summed E-state index contributed by atoms with van der Waals surface area (Å²) in [5.74, 6) is 0.747. The standard InChI is InChI=1S/C12H17F2NOS/c13-12(14)10-15(6-8-16)7-9-17-11-4-2-1-3-5-11/h1-5,12,16H,6-10H2. The first kappa shape index (κ1) is 14.4. The monoisotopic (exact) mass is 261 g/mol. The number of halogens is 2. The molecule has 17 heavy (non-hydrogen) atoms. The third-order valence-corrected chi connectivity index (χ3v) is 3.22. The van der Waals surface area contributed by atoms with Gasteiger partial charge in [0.2, 0.25) is 0 Å². The molecule has 96 valence electrons. The fourth-order valence-electron chi connectivity index (χ4n) is 1.44. The molecule has 0 saturated heterocycles. The number of benzene rings is 1. The predicted octanol–water partition coefficient (Wildman–Crippen LogP) is 2.34. The van der Waals surface area contributed by atoms with Crippen LogP contribution in [-0.4, -0.2) is 48.4 Å². The molecule has 1 aromatic carbocycles. The van der Waals surface area contributed by atoms with Gasteiger partial charge in [-0.2, -0.15) is 0 Å². The summed E-state index contributed by atoms with van der Waals surface area (Å²) in [5, 5.41) is 8.77. The minimum Gasteiger partial charge on any atom is -0.395 e. The van der Waals surface area contributed by atoms with Crippen LogP contribution in [0, 0.1) is 0 Å². The molecule has 0 aliphatic carbocycles. The van der Waals surface area contributed by atoms with Gasteiger partial charge in [-0.25, -0.2) is 8.78 Å². The van der Waals surface area contributed by atoms with Crippen LogP contribution in [0.4, 0.5) is 8.78 Å². The van der Waals surface area contributed by atoms with Crippen LogP contribution in [0.3, 0.4) is 0 Å². The van der Waals surface area contributed by atoms with Crippen LogP contribution in [0.25, 0.3) is 0 Å². The van der Waals surface area contributed by atoms with Gasteiger partial charge in [0.1, 0.15) is 0 Å². The highest BCUT2D eigenvalue weighted by Gasteiger charge is 2.11. The maximum atomic E-state index is 12.2. The molecule has 0 fully saturated rings. The summed E-state index contributed by atoms with van der Waals surface area (Å²) in [4.78, 5) is 2.72. The van der Waals surface area contributed by atoms with Crippen LogP contribution in [0.15, 0.2) is 35.2 Å². The Morgan fingerprint density at radius 1 is 1.18 bits per heavy atom. The molecule has 0 aliphatic heterocycles. The number of aliphatic hydroxyl groups excluding tert-OH is 1. The molecule has 0 unspecified atom stereocenters. The Balaban J connectivity index is 2.26. The Morgan fingerprint density at radius 3 is 2.47 bits per heavy atom. The van der Waals surface area contributed by atoms with Crippen molar-refractivity contribution in [2.24, 2.45) is 0 Å². The zero-order valence-corrected chi connectivity index (χ0v) is 10.4. The van der Waals surface area contributed by atoms with E-state index < -0.39 is 6.43 Å². The molecular formula is C12H17F2NOS. The lowest BCUT2D eigenvalue weighted by molar-refractivity contribution is 0.0818. The molecule has 0 aromatic heterocycles. The first-order chi connectivity index (χ1) is 8.22. The zero-order chi connectivity index (χ0) is 12.5. The topological polar surface area (TPSA) is 23.5 Å². The van der Waals surface area contributed by atoms with Crippen LogP contribution in [0.5, 0.6) is 0 Å². The summed E-state index contributed by atoms with van der Waals surface area (Å²) < 4.78 is 24.5. The Labute approximate surface area is 105 Å². The summed E-state index contributed by atoms with van der Waals surface area (Å²) in [6, 6.07) is 9.83. The van der Waals surface area contributed by atoms with E-state index in [1.165, 1.54) is 0 Å². The van der Waals surface area contributed by atoms with Gasteiger partial charge in [0.25, 0.3) is 6.43 Å². The van der Waals surface area contributed by atoms with Crippen LogP contribution in [-0.2, 0) is 0 Å². The Morgan fingerprint density at radius 2 is 1.88 bits per heavy atom. The van der Waals surface area contributed by atoms with Crippen LogP contribution in [0.2, 0.25) is 0 Å². The number of nitrogens with zero attached hydrogens (tertiary/aromatic N) is 1. The minimum absolute atomic E-state index is 0.0806. The van der Waals surface area contributed by atoms with E-state index in [0.717, 1.165) is 10.6 Å². The second-order valence-corrected chi connectivity index (χ2v) is 4.75. The summed E-state index contributed by atoms with van der Waals surface area (Å²) in [6.07, 6.45) is -2.34. The second kappa shape index (κ2) is 8.44. The minimum atomic E-state index is -2.34. The second-order valence-electron chi connectivity index (χ2n) is 3.58. The van der Waals surface area contributed by atoms with E-state index in [1.807, 2.05) is 30.3 Å². The van der Waals surface area contributed by atoms with Crippen molar-refractivity contribution >= 4 is 11.8 Å². The molecule has 0 heterocycles. The molecule has 0 aliphatic rings. The molecule has 0 spiro atoms. The van der Waals surface area contributed by atoms with Crippen molar-refractivity contribution in [3.8, 4) is 0 Å². The summed E-state index contributed by atoms with van der Waals surface area (Å²) in [6.45, 7) is 0.517. The van der Waals surface area contributed by atoms with E-state index in [0.29, 0.717) is 13.1 Å². The number of alkyl halides is 2. The van der Waals surface area contributed by atoms with Crippen molar-refractivity contribution in [1.29, 1.82) is 0 Å². The molecule has 0 saturated carbocycles. The van der Waals surface area contributed by atoms with Crippen LogP contribution >= 0.6 is 11.8 Å². The maximum absolute atomic E-state index is 12.2. The average molecular weight is 261 g/mol. The van der Waals surface area contributed by atoms with Crippen molar-refractivity contribution in [2.75, 3.05) is 32.0 Å². The number of hydrogen-bond acceptors (Lipinski definition) is 3. The lowest BCUT2D eigenvalue weighted by Gasteiger charge is -2.20. The largest absolute Gasteiger partial charge is 0.395 e. The molecule has 0 amide bonds. The van der Waals surface area contributed by atoms with E-state index >= 15 is 0 Å². The van der Waals surface area contributed by atoms with E-state index in [-0.39, 0.29) is 13.2 Å². The number of thioether (sulfide) groups is 1. The van der Waals surface area contributed by atoms with Gasteiger partial charge in [-0.1, -0.05) is 18.2 Å². The van der Waals surface area contributed by atoms with Gasteiger partial charge in [0.05, 0.1) is 13.2 Å². The summed E-state index contributed by atoms with van der Waals surface area (Å²) >= 11 is 1.63. The number of rotatable bonds is 8. The Hall–Kier alpha value is -0.650. The van der Waals surface area contributed by atoms with Gasteiger partial charge < -0.3 is 5.11 Å². The molecule has 1 aromatic rings. The normalized spacial score (nSPS) is 11.4. The van der Waals surface area contributed by atoms with Gasteiger partial charge >= 0.3 is 0 Å². The molecule has 1 N–H and O–H groups in total. The quantitative estimate of drug-likeness (QED) is 0.727. The highest BCUT2D eigenvalue weighted by Crippen LogP contribution is 2.16. The van der Waals surface area contributed by atoms with Gasteiger partial charge in [0.15, 0.2) is 0 Å². The van der Waals surface area contributed by atoms with Crippen molar-refractivity contribution in [3.05, 3.63) is 30.3 Å². The molecule has 2 nitrogen and oxygen atoms in total. The fourth-order valence-corrected chi connectivity index (χ4v) is 2.38. The third kappa shape index (κ3) is 6.61. The first-order valence-corrected chi connectivity index (χ1v) is 6.50. The van der Waals surface area contributed by atoms with E-state index in [9.17, 15) is 8.78 Å². The highest BCUT2D eigenvalue weighted by atomic mass is 32.2. The fraction of sp³-hybridized carbons (Fsp3) is 0.500. The Bertz CT molecular complexity index is 298. The van der Waals surface area contributed by atoms with Gasteiger partial charge in [-0.05, 0) is 12.1 Å². The molecule has 5 heteroatoms. The van der Waals surface area contributed by atoms with Crippen LogP contribution in [0.1, 0.15) is 0 Å². The van der Waals surface area contributed by atoms with Crippen molar-refractivity contribution in [3.63, 3.8) is 0 Å². The van der Waals surface area contributed by atoms with Gasteiger partial charge in [-0.15, -0.1) is 11.8 Å². The van der Waals surface area contributed by atoms with E-state index in [2.05, 4.69) is 0 Å². The maximum Gasteiger partial charge on any atom is 0.251 e. The molecule has 0 atom stereocenters. The molecule has 1 rings (SSSR count). The average Bonchev–Trinajstić information content (AvgIpc) is 2.30.